The van der Waals surface area contributed by atoms with Gasteiger partial charge >= 0.3 is 12.2 Å². The summed E-state index contributed by atoms with van der Waals surface area (Å²) in [5.41, 5.74) is 4.11. The first-order valence-corrected chi connectivity index (χ1v) is 12.2. The maximum Gasteiger partial charge on any atom is 0.411 e. The smallest absolute Gasteiger partial charge is 0.411 e. The van der Waals surface area contributed by atoms with Crippen LogP contribution in [-0.4, -0.2) is 56.2 Å². The lowest BCUT2D eigenvalue weighted by molar-refractivity contribution is -0.105. The molecule has 0 radical (unpaired) electrons. The quantitative estimate of drug-likeness (QED) is 0.149. The molecule has 206 valence electrons. The fourth-order valence-corrected chi connectivity index (χ4v) is 4.10. The maximum absolute atomic E-state index is 11.5. The molecule has 0 saturated heterocycles. The van der Waals surface area contributed by atoms with Crippen molar-refractivity contribution in [1.29, 1.82) is 0 Å². The molecule has 0 aromatic heterocycles. The number of phenolic OH excluding ortho intramolecular Hbond substituents is 1. The molecule has 3 amide bonds. The molecule has 11 heteroatoms. The van der Waals surface area contributed by atoms with E-state index in [1.807, 2.05) is 24.3 Å². The van der Waals surface area contributed by atoms with Crippen molar-refractivity contribution in [2.24, 2.45) is 0 Å². The van der Waals surface area contributed by atoms with Crippen LogP contribution in [0.2, 0.25) is 0 Å². The molecule has 39 heavy (non-hydrogen) atoms. The molecule has 3 aromatic carbocycles. The summed E-state index contributed by atoms with van der Waals surface area (Å²) >= 11 is 0. The zero-order valence-corrected chi connectivity index (χ0v) is 21.6. The second-order valence-electron chi connectivity index (χ2n) is 8.55. The van der Waals surface area contributed by atoms with Crippen molar-refractivity contribution in [3.8, 4) is 5.75 Å². The van der Waals surface area contributed by atoms with Crippen molar-refractivity contribution in [3.05, 3.63) is 83.4 Å². The summed E-state index contributed by atoms with van der Waals surface area (Å²) < 4.78 is 9.29. The fourth-order valence-electron chi connectivity index (χ4n) is 4.10. The summed E-state index contributed by atoms with van der Waals surface area (Å²) in [4.78, 5) is 33.9. The van der Waals surface area contributed by atoms with Crippen LogP contribution in [0.3, 0.4) is 0 Å². The van der Waals surface area contributed by atoms with Crippen LogP contribution >= 0.6 is 0 Å². The summed E-state index contributed by atoms with van der Waals surface area (Å²) in [5.74, 6) is -0.138. The average Bonchev–Trinajstić information content (AvgIpc) is 2.95. The van der Waals surface area contributed by atoms with Crippen LogP contribution in [-0.2, 0) is 14.3 Å². The Balaban J connectivity index is 1.79. The molecule has 0 aliphatic rings. The highest BCUT2D eigenvalue weighted by Crippen LogP contribution is 2.31. The fraction of sp³-hybridized carbons (Fsp3) is 0.250. The van der Waals surface area contributed by atoms with Gasteiger partial charge in [-0.1, -0.05) is 30.3 Å². The number of hydrogen-bond donors (Lipinski definition) is 6. The number of anilines is 3. The second kappa shape index (κ2) is 14.4. The van der Waals surface area contributed by atoms with Crippen LogP contribution in [0, 0.1) is 0 Å². The van der Waals surface area contributed by atoms with Gasteiger partial charge in [0.1, 0.15) is 5.75 Å². The standard InChI is InChI=1S/C28H32N4O7/c1-38-27(36)31-21-8-3-18(4-9-21)23(19-5-10-22(11-6-19)32-28(37)39-2)13-14-29-25(16-33)20-7-12-26(35)24(15-20)30-17-34/h3-12,15,17,23,25,29,33,35H,13-14,16H2,1-2H3,(H,30,34)(H,31,36)(H,32,37). The van der Waals surface area contributed by atoms with Crippen molar-refractivity contribution in [3.63, 3.8) is 0 Å². The SMILES string of the molecule is COC(=O)Nc1ccc(C(CCNC(CO)c2ccc(O)c(NC=O)c2)c2ccc(NC(=O)OC)cc2)cc1. The van der Waals surface area contributed by atoms with E-state index in [0.717, 1.165) is 11.1 Å². The Bertz CT molecular complexity index is 1190. The molecule has 0 heterocycles. The van der Waals surface area contributed by atoms with E-state index in [4.69, 9.17) is 0 Å². The number of nitrogens with one attached hydrogen (secondary N) is 4. The Morgan fingerprint density at radius 3 is 1.82 bits per heavy atom. The molecule has 0 fully saturated rings. The Morgan fingerprint density at radius 2 is 1.36 bits per heavy atom. The summed E-state index contributed by atoms with van der Waals surface area (Å²) in [7, 11) is 2.59. The lowest BCUT2D eigenvalue weighted by Gasteiger charge is -2.22. The van der Waals surface area contributed by atoms with E-state index in [-0.39, 0.29) is 24.0 Å². The molecule has 3 rings (SSSR count). The lowest BCUT2D eigenvalue weighted by atomic mass is 9.88. The van der Waals surface area contributed by atoms with Crippen LogP contribution in [0.15, 0.2) is 66.7 Å². The normalized spacial score (nSPS) is 11.4. The van der Waals surface area contributed by atoms with Crippen molar-refractivity contribution in [2.45, 2.75) is 18.4 Å². The van der Waals surface area contributed by atoms with Gasteiger partial charge in [-0.15, -0.1) is 0 Å². The number of amides is 3. The Labute approximate surface area is 226 Å². The topological polar surface area (TPSA) is 158 Å². The van der Waals surface area contributed by atoms with E-state index >= 15 is 0 Å². The number of hydrogen-bond acceptors (Lipinski definition) is 8. The minimum absolute atomic E-state index is 0.0664. The maximum atomic E-state index is 11.5. The van der Waals surface area contributed by atoms with E-state index in [1.54, 1.807) is 36.4 Å². The molecule has 11 nitrogen and oxygen atoms in total. The van der Waals surface area contributed by atoms with Crippen LogP contribution in [0.5, 0.6) is 5.75 Å². The predicted octanol–water partition coefficient (Wildman–Crippen LogP) is 4.16. The minimum Gasteiger partial charge on any atom is -0.506 e. The van der Waals surface area contributed by atoms with Crippen LogP contribution in [0.1, 0.15) is 35.1 Å². The molecule has 0 spiro atoms. The summed E-state index contributed by atoms with van der Waals surface area (Å²) in [6, 6.07) is 19.1. The van der Waals surface area contributed by atoms with E-state index in [0.29, 0.717) is 36.3 Å². The number of rotatable bonds is 12. The van der Waals surface area contributed by atoms with Gasteiger partial charge in [-0.05, 0) is 66.1 Å². The monoisotopic (exact) mass is 536 g/mol. The molecule has 3 aromatic rings. The summed E-state index contributed by atoms with van der Waals surface area (Å²) in [5, 5.41) is 31.0. The van der Waals surface area contributed by atoms with Gasteiger partial charge in [0.05, 0.1) is 32.6 Å². The van der Waals surface area contributed by atoms with Crippen molar-refractivity contribution in [2.75, 3.05) is 43.3 Å². The predicted molar refractivity (Wildman–Crippen MR) is 147 cm³/mol. The van der Waals surface area contributed by atoms with Gasteiger partial charge in [0.2, 0.25) is 6.41 Å². The minimum atomic E-state index is -0.562. The number of carbonyl (C=O) groups is 3. The molecule has 0 saturated carbocycles. The first-order valence-electron chi connectivity index (χ1n) is 12.2. The third-order valence-corrected chi connectivity index (χ3v) is 6.13. The molecule has 0 aliphatic heterocycles. The second-order valence-corrected chi connectivity index (χ2v) is 8.55. The highest BCUT2D eigenvalue weighted by atomic mass is 16.5. The van der Waals surface area contributed by atoms with Crippen LogP contribution < -0.4 is 21.3 Å². The van der Waals surface area contributed by atoms with Gasteiger partial charge in [0.15, 0.2) is 0 Å². The van der Waals surface area contributed by atoms with Crippen molar-refractivity contribution in [1.82, 2.24) is 5.32 Å². The molecule has 0 bridgehead atoms. The van der Waals surface area contributed by atoms with E-state index in [1.165, 1.54) is 20.3 Å². The third-order valence-electron chi connectivity index (χ3n) is 6.13. The number of ether oxygens (including phenoxy) is 2. The zero-order chi connectivity index (χ0) is 28.2. The van der Waals surface area contributed by atoms with E-state index < -0.39 is 18.2 Å². The Morgan fingerprint density at radius 1 is 0.846 bits per heavy atom. The number of carbonyl (C=O) groups excluding carboxylic acids is 3. The number of aliphatic hydroxyl groups excluding tert-OH is 1. The molecule has 1 unspecified atom stereocenters. The number of benzene rings is 3. The van der Waals surface area contributed by atoms with E-state index in [9.17, 15) is 24.6 Å². The van der Waals surface area contributed by atoms with Gasteiger partial charge in [0, 0.05) is 17.3 Å². The van der Waals surface area contributed by atoms with Crippen LogP contribution in [0.4, 0.5) is 26.7 Å². The van der Waals surface area contributed by atoms with Crippen LogP contribution in [0.25, 0.3) is 0 Å². The average molecular weight is 537 g/mol. The zero-order valence-electron chi connectivity index (χ0n) is 21.6. The first kappa shape index (κ1) is 29.0. The Hall–Kier alpha value is -4.61. The van der Waals surface area contributed by atoms with Gasteiger partial charge in [-0.2, -0.15) is 0 Å². The third kappa shape index (κ3) is 8.19. The lowest BCUT2D eigenvalue weighted by Crippen LogP contribution is -2.26. The highest BCUT2D eigenvalue weighted by molar-refractivity contribution is 5.85. The van der Waals surface area contributed by atoms with Gasteiger partial charge in [-0.3, -0.25) is 15.4 Å². The molecule has 6 N–H and O–H groups in total. The molecular formula is C28H32N4O7. The highest BCUT2D eigenvalue weighted by Gasteiger charge is 2.18. The Kier molecular flexibility index (Phi) is 10.7. The molecule has 1 atom stereocenters. The summed E-state index contributed by atoms with van der Waals surface area (Å²) in [6.07, 6.45) is -0.00871. The summed E-state index contributed by atoms with van der Waals surface area (Å²) in [6.45, 7) is 0.315. The number of aromatic hydroxyl groups is 1. The van der Waals surface area contributed by atoms with Crippen molar-refractivity contribution < 1.29 is 34.1 Å². The molecule has 0 aliphatic carbocycles. The largest absolute Gasteiger partial charge is 0.506 e. The first-order chi connectivity index (χ1) is 18.9. The number of phenols is 1. The van der Waals surface area contributed by atoms with E-state index in [2.05, 4.69) is 30.7 Å². The van der Waals surface area contributed by atoms with Gasteiger partial charge in [0.25, 0.3) is 0 Å². The number of methoxy groups -OCH3 is 2. The van der Waals surface area contributed by atoms with Crippen molar-refractivity contribution >= 4 is 35.7 Å². The number of aliphatic hydroxyl groups is 1. The van der Waals surface area contributed by atoms with Gasteiger partial charge in [-0.25, -0.2) is 9.59 Å². The molecular weight excluding hydrogens is 504 g/mol. The van der Waals surface area contributed by atoms with Gasteiger partial charge < -0.3 is 30.3 Å².